The molecule has 4 heteroatoms. The summed E-state index contributed by atoms with van der Waals surface area (Å²) in [6.45, 7) is 51.9. The second-order valence-electron chi connectivity index (χ2n) is 37.9. The molecule has 0 unspecified atom stereocenters. The number of anilines is 6. The summed E-state index contributed by atoms with van der Waals surface area (Å²) in [5, 5.41) is 2.48. The molecule has 15 rings (SSSR count). The third kappa shape index (κ3) is 12.0. The summed E-state index contributed by atoms with van der Waals surface area (Å²) in [7, 11) is 0. The molecule has 0 radical (unpaired) electrons. The highest BCUT2D eigenvalue weighted by atomic mass is 15.2. The Morgan fingerprint density at radius 3 is 0.961 bits per heavy atom. The van der Waals surface area contributed by atoms with E-state index in [9.17, 15) is 0 Å². The van der Waals surface area contributed by atoms with Gasteiger partial charge < -0.3 is 14.4 Å². The summed E-state index contributed by atoms with van der Waals surface area (Å²) < 4.78 is 2.54. The van der Waals surface area contributed by atoms with E-state index in [2.05, 4.69) is 385 Å². The summed E-state index contributed by atoms with van der Waals surface area (Å²) in [6, 6.07) is 86.7. The molecular weight excluding hydrogens is 1230 g/mol. The molecule has 0 saturated heterocycles. The van der Waals surface area contributed by atoms with Gasteiger partial charge in [0.15, 0.2) is 0 Å². The first kappa shape index (κ1) is 68.6. The summed E-state index contributed by atoms with van der Waals surface area (Å²) in [6.07, 6.45) is 2.36. The fourth-order valence-corrected chi connectivity index (χ4v) is 16.6. The minimum Gasteiger partial charge on any atom is -0.311 e. The van der Waals surface area contributed by atoms with Gasteiger partial charge in [0.05, 0.1) is 16.7 Å². The van der Waals surface area contributed by atoms with Gasteiger partial charge in [-0.15, -0.1) is 0 Å². The standard InChI is InChI=1S/C98H106BN3/c1-91(2,3)69-47-66(48-70(56-69)92(4,5)6)62-33-40-76(41-34-62)101-87-44-37-65(68-51-73(95(13,14)15)58-74(52-68)96(16,17)18)55-83(87)99-82-54-64(67-49-71(93(7,8)9)57-72(50-67)94(10,11)12)36-43-86(82)100(75-38-31-61(32-39-75)63-35-42-80-81(53-63)98(21,22)46-45-97(80,19)20)88-59-77(60-89(101)90(88)99)102-84-29-25-23-27-78(84)79-28-24-26-30-85(79)102/h23-44,47-60H,45-46H2,1-22H3. The number of aromatic nitrogens is 1. The minimum absolute atomic E-state index is 0.0244. The average Bonchev–Trinajstić information content (AvgIpc) is 0.792. The highest BCUT2D eigenvalue weighted by Crippen LogP contribution is 2.51. The topological polar surface area (TPSA) is 11.4 Å². The maximum atomic E-state index is 2.63. The molecule has 3 aliphatic rings. The SMILES string of the molecule is CC(C)(C)c1cc(-c2ccc(N3c4ccc(-c5cc(C(C)(C)C)cc(C(C)(C)C)c5)cc4B4c5cc(-c6cc(C(C)(C)C)cc(C(C)(C)C)c6)ccc5N(c5ccc(-c6ccc7c(c6)C(C)(C)CCC7(C)C)cc5)c5cc(-n6c7ccccc7c7ccccc76)cc3c54)cc2)cc(C(C)(C)C)c1. The van der Waals surface area contributed by atoms with Crippen LogP contribution in [-0.2, 0) is 43.3 Å². The maximum absolute atomic E-state index is 2.63. The first-order chi connectivity index (χ1) is 47.8. The van der Waals surface area contributed by atoms with Gasteiger partial charge >= 0.3 is 0 Å². The van der Waals surface area contributed by atoms with Crippen LogP contribution in [0.2, 0.25) is 0 Å². The second kappa shape index (κ2) is 23.7. The number of rotatable bonds is 7. The second-order valence-corrected chi connectivity index (χ2v) is 37.9. The Kier molecular flexibility index (Phi) is 16.0. The predicted molar refractivity (Wildman–Crippen MR) is 444 cm³/mol. The molecule has 0 atom stereocenters. The van der Waals surface area contributed by atoms with E-state index < -0.39 is 0 Å². The van der Waals surface area contributed by atoms with Crippen LogP contribution in [0.5, 0.6) is 0 Å². The molecule has 3 nitrogen and oxygen atoms in total. The van der Waals surface area contributed by atoms with Gasteiger partial charge in [0.25, 0.3) is 6.71 Å². The van der Waals surface area contributed by atoms with Crippen LogP contribution in [0.15, 0.2) is 218 Å². The molecule has 1 aromatic heterocycles. The minimum atomic E-state index is -0.182. The zero-order valence-corrected chi connectivity index (χ0v) is 65.1. The van der Waals surface area contributed by atoms with Crippen LogP contribution in [0.25, 0.3) is 72.0 Å². The van der Waals surface area contributed by atoms with Crippen molar-refractivity contribution in [3.05, 3.63) is 263 Å². The summed E-state index contributed by atoms with van der Waals surface area (Å²) in [4.78, 5) is 5.26. The zero-order chi connectivity index (χ0) is 72.5. The van der Waals surface area contributed by atoms with Gasteiger partial charge in [0.1, 0.15) is 0 Å². The first-order valence-electron chi connectivity index (χ1n) is 37.7. The van der Waals surface area contributed by atoms with Crippen LogP contribution in [0.4, 0.5) is 34.1 Å². The molecule has 102 heavy (non-hydrogen) atoms. The number of hydrogen-bond donors (Lipinski definition) is 0. The van der Waals surface area contributed by atoms with Gasteiger partial charge in [0.2, 0.25) is 0 Å². The molecular formula is C98H106BN3. The highest BCUT2D eigenvalue weighted by Gasteiger charge is 2.45. The molecule has 0 amide bonds. The zero-order valence-electron chi connectivity index (χ0n) is 65.1. The lowest BCUT2D eigenvalue weighted by molar-refractivity contribution is 0.332. The molecule has 0 fully saturated rings. The highest BCUT2D eigenvalue weighted by molar-refractivity contribution is 7.00. The molecule has 0 saturated carbocycles. The van der Waals surface area contributed by atoms with Crippen molar-refractivity contribution in [2.24, 2.45) is 0 Å². The molecule has 516 valence electrons. The predicted octanol–water partition coefficient (Wildman–Crippen LogP) is 25.7. The van der Waals surface area contributed by atoms with Crippen molar-refractivity contribution in [2.45, 2.75) is 208 Å². The number of nitrogens with zero attached hydrogens (tertiary/aromatic N) is 3. The van der Waals surface area contributed by atoms with Crippen molar-refractivity contribution in [2.75, 3.05) is 9.80 Å². The Morgan fingerprint density at radius 2 is 0.588 bits per heavy atom. The lowest BCUT2D eigenvalue weighted by Crippen LogP contribution is -2.61. The van der Waals surface area contributed by atoms with Crippen LogP contribution in [0.1, 0.15) is 210 Å². The summed E-state index contributed by atoms with van der Waals surface area (Å²) in [5.74, 6) is 0. The van der Waals surface area contributed by atoms with Crippen LogP contribution < -0.4 is 26.2 Å². The Hall–Kier alpha value is -9.12. The van der Waals surface area contributed by atoms with Gasteiger partial charge in [-0.3, -0.25) is 0 Å². The van der Waals surface area contributed by atoms with E-state index in [0.29, 0.717) is 0 Å². The molecule has 1 aliphatic carbocycles. The van der Waals surface area contributed by atoms with E-state index in [-0.39, 0.29) is 50.0 Å². The Balaban J connectivity index is 1.04. The lowest BCUT2D eigenvalue weighted by Gasteiger charge is -2.45. The van der Waals surface area contributed by atoms with Crippen LogP contribution in [-0.4, -0.2) is 11.3 Å². The largest absolute Gasteiger partial charge is 0.311 e. The van der Waals surface area contributed by atoms with Crippen LogP contribution in [0, 0.1) is 0 Å². The Labute approximate surface area is 611 Å². The van der Waals surface area contributed by atoms with Gasteiger partial charge in [-0.05, 0) is 222 Å². The average molecular weight is 1340 g/mol. The molecule has 0 N–H and O–H groups in total. The number of benzene rings is 11. The maximum Gasteiger partial charge on any atom is 0.252 e. The van der Waals surface area contributed by atoms with Gasteiger partial charge in [-0.25, -0.2) is 0 Å². The monoisotopic (exact) mass is 1340 g/mol. The molecule has 12 aromatic rings. The number of fused-ring (bicyclic) bond motifs is 8. The normalized spacial score (nSPS) is 15.2. The van der Waals surface area contributed by atoms with E-state index in [1.54, 1.807) is 0 Å². The smallest absolute Gasteiger partial charge is 0.252 e. The van der Waals surface area contributed by atoms with E-state index in [4.69, 9.17) is 0 Å². The van der Waals surface area contributed by atoms with Gasteiger partial charge in [-0.2, -0.15) is 0 Å². The molecule has 3 heterocycles. The molecule has 2 aliphatic heterocycles. The first-order valence-corrected chi connectivity index (χ1v) is 37.7. The van der Waals surface area contributed by atoms with E-state index in [1.165, 1.54) is 163 Å². The lowest BCUT2D eigenvalue weighted by atomic mass is 9.33. The molecule has 11 aromatic carbocycles. The van der Waals surface area contributed by atoms with Crippen molar-refractivity contribution in [1.29, 1.82) is 0 Å². The van der Waals surface area contributed by atoms with E-state index in [0.717, 1.165) is 17.1 Å². The Bertz CT molecular complexity index is 5180. The number of hydrogen-bond acceptors (Lipinski definition) is 2. The van der Waals surface area contributed by atoms with Crippen molar-refractivity contribution in [1.82, 2.24) is 4.57 Å². The third-order valence-corrected chi connectivity index (χ3v) is 23.3. The van der Waals surface area contributed by atoms with Crippen molar-refractivity contribution in [3.8, 4) is 50.2 Å². The summed E-state index contributed by atoms with van der Waals surface area (Å²) in [5.41, 5.74) is 35.1. The molecule has 0 spiro atoms. The van der Waals surface area contributed by atoms with E-state index >= 15 is 0 Å². The van der Waals surface area contributed by atoms with Gasteiger partial charge in [0, 0.05) is 44.9 Å². The quantitative estimate of drug-likeness (QED) is 0.147. The Morgan fingerprint density at radius 1 is 0.275 bits per heavy atom. The third-order valence-electron chi connectivity index (χ3n) is 23.3. The summed E-state index contributed by atoms with van der Waals surface area (Å²) >= 11 is 0. The molecule has 0 bridgehead atoms. The van der Waals surface area contributed by atoms with E-state index in [1.807, 2.05) is 0 Å². The number of para-hydroxylation sites is 2. The fraction of sp³-hybridized carbons (Fsp3) is 0.327. The van der Waals surface area contributed by atoms with Crippen molar-refractivity contribution >= 4 is 79.0 Å². The van der Waals surface area contributed by atoms with Crippen molar-refractivity contribution in [3.63, 3.8) is 0 Å². The van der Waals surface area contributed by atoms with Crippen LogP contribution in [0.3, 0.4) is 0 Å². The van der Waals surface area contributed by atoms with Crippen LogP contribution >= 0.6 is 0 Å². The van der Waals surface area contributed by atoms with Crippen molar-refractivity contribution < 1.29 is 0 Å². The van der Waals surface area contributed by atoms with Gasteiger partial charge in [-0.1, -0.05) is 310 Å². The fourth-order valence-electron chi connectivity index (χ4n) is 16.6.